The molecule has 1 amide bonds. The molecule has 2 rings (SSSR count). The van der Waals surface area contributed by atoms with Crippen LogP contribution in [0, 0.1) is 11.6 Å². The van der Waals surface area contributed by atoms with Gasteiger partial charge in [0.15, 0.2) is 11.6 Å². The molecular weight excluding hydrogens is 284 g/mol. The smallest absolute Gasteiger partial charge is 0.234 e. The summed E-state index contributed by atoms with van der Waals surface area (Å²) in [6, 6.07) is 6.57. The van der Waals surface area contributed by atoms with E-state index in [2.05, 4.69) is 10.3 Å². The van der Waals surface area contributed by atoms with E-state index in [0.29, 0.717) is 5.82 Å². The third-order valence-electron chi connectivity index (χ3n) is 2.33. The maximum Gasteiger partial charge on any atom is 0.234 e. The van der Waals surface area contributed by atoms with Crippen molar-refractivity contribution >= 4 is 29.2 Å². The van der Waals surface area contributed by atoms with E-state index in [-0.39, 0.29) is 17.3 Å². The van der Waals surface area contributed by atoms with Gasteiger partial charge in [0.1, 0.15) is 5.82 Å². The van der Waals surface area contributed by atoms with Gasteiger partial charge in [-0.3, -0.25) is 4.79 Å². The van der Waals surface area contributed by atoms with Crippen LogP contribution >= 0.6 is 11.8 Å². The van der Waals surface area contributed by atoms with Crippen molar-refractivity contribution in [3.8, 4) is 0 Å². The number of pyridine rings is 1. The van der Waals surface area contributed by atoms with Crippen molar-refractivity contribution in [3.05, 3.63) is 48.2 Å². The molecule has 1 heterocycles. The number of nitrogen functional groups attached to an aromatic ring is 1. The maximum absolute atomic E-state index is 13.0. The van der Waals surface area contributed by atoms with Gasteiger partial charge in [-0.15, -0.1) is 11.8 Å². The van der Waals surface area contributed by atoms with E-state index in [1.807, 2.05) is 0 Å². The lowest BCUT2D eigenvalue weighted by Gasteiger charge is -2.05. The Kier molecular flexibility index (Phi) is 4.52. The van der Waals surface area contributed by atoms with Crippen LogP contribution in [0.5, 0.6) is 0 Å². The highest BCUT2D eigenvalue weighted by Gasteiger charge is 2.07. The quantitative estimate of drug-likeness (QED) is 0.851. The molecule has 0 atom stereocenters. The van der Waals surface area contributed by atoms with Crippen LogP contribution in [0.2, 0.25) is 0 Å². The van der Waals surface area contributed by atoms with Gasteiger partial charge in [0.2, 0.25) is 5.91 Å². The first-order valence-electron chi connectivity index (χ1n) is 5.64. The SMILES string of the molecule is Nc1ccc(SCC(=O)Nc2ccc(F)c(F)c2)cn1. The van der Waals surface area contributed by atoms with Crippen molar-refractivity contribution in [1.82, 2.24) is 4.98 Å². The molecule has 0 spiro atoms. The lowest BCUT2D eigenvalue weighted by molar-refractivity contribution is -0.113. The normalized spacial score (nSPS) is 10.3. The molecule has 3 N–H and O–H groups in total. The molecule has 0 aliphatic heterocycles. The van der Waals surface area contributed by atoms with Crippen LogP contribution in [0.1, 0.15) is 0 Å². The molecule has 0 saturated heterocycles. The molecule has 0 aliphatic rings. The maximum atomic E-state index is 13.0. The number of rotatable bonds is 4. The van der Waals surface area contributed by atoms with E-state index in [0.717, 1.165) is 17.0 Å². The number of nitrogens with one attached hydrogen (secondary N) is 1. The van der Waals surface area contributed by atoms with Crippen molar-refractivity contribution in [2.45, 2.75) is 4.90 Å². The Balaban J connectivity index is 1.89. The summed E-state index contributed by atoms with van der Waals surface area (Å²) in [5.74, 6) is -1.74. The van der Waals surface area contributed by atoms with Gasteiger partial charge < -0.3 is 11.1 Å². The highest BCUT2D eigenvalue weighted by Crippen LogP contribution is 2.18. The molecule has 4 nitrogen and oxygen atoms in total. The summed E-state index contributed by atoms with van der Waals surface area (Å²) >= 11 is 1.27. The van der Waals surface area contributed by atoms with Crippen LogP contribution in [-0.4, -0.2) is 16.6 Å². The van der Waals surface area contributed by atoms with Crippen molar-refractivity contribution in [3.63, 3.8) is 0 Å². The lowest BCUT2D eigenvalue weighted by Crippen LogP contribution is -2.14. The monoisotopic (exact) mass is 295 g/mol. The highest BCUT2D eigenvalue weighted by molar-refractivity contribution is 8.00. The summed E-state index contributed by atoms with van der Waals surface area (Å²) < 4.78 is 25.7. The average Bonchev–Trinajstić information content (AvgIpc) is 2.42. The summed E-state index contributed by atoms with van der Waals surface area (Å²) in [6.07, 6.45) is 1.56. The number of amides is 1. The van der Waals surface area contributed by atoms with Gasteiger partial charge >= 0.3 is 0 Å². The molecule has 0 bridgehead atoms. The highest BCUT2D eigenvalue weighted by atomic mass is 32.2. The standard InChI is InChI=1S/C13H11F2N3OS/c14-10-3-1-8(5-11(10)15)18-13(19)7-20-9-2-4-12(16)17-6-9/h1-6H,7H2,(H2,16,17)(H,18,19). The number of nitrogens with two attached hydrogens (primary N) is 1. The summed E-state index contributed by atoms with van der Waals surface area (Å²) in [6.45, 7) is 0. The van der Waals surface area contributed by atoms with Gasteiger partial charge in [-0.2, -0.15) is 0 Å². The topological polar surface area (TPSA) is 68.0 Å². The first kappa shape index (κ1) is 14.3. The number of hydrogen-bond acceptors (Lipinski definition) is 4. The second kappa shape index (κ2) is 6.33. The van der Waals surface area contributed by atoms with Gasteiger partial charge in [0, 0.05) is 22.8 Å². The fraction of sp³-hybridized carbons (Fsp3) is 0.0769. The van der Waals surface area contributed by atoms with E-state index in [4.69, 9.17) is 5.73 Å². The van der Waals surface area contributed by atoms with Gasteiger partial charge in [0.05, 0.1) is 5.75 Å². The Morgan fingerprint density at radius 2 is 2.05 bits per heavy atom. The molecule has 0 aliphatic carbocycles. The van der Waals surface area contributed by atoms with E-state index in [1.54, 1.807) is 18.3 Å². The lowest BCUT2D eigenvalue weighted by atomic mass is 10.3. The van der Waals surface area contributed by atoms with E-state index >= 15 is 0 Å². The molecule has 1 aromatic carbocycles. The molecule has 0 saturated carbocycles. The summed E-state index contributed by atoms with van der Waals surface area (Å²) in [5, 5.41) is 2.48. The van der Waals surface area contributed by atoms with Crippen molar-refractivity contribution < 1.29 is 13.6 Å². The van der Waals surface area contributed by atoms with Crippen LogP contribution in [-0.2, 0) is 4.79 Å². The van der Waals surface area contributed by atoms with E-state index in [9.17, 15) is 13.6 Å². The average molecular weight is 295 g/mol. The Hall–Kier alpha value is -2.15. The molecule has 0 radical (unpaired) electrons. The Morgan fingerprint density at radius 3 is 2.70 bits per heavy atom. The molecule has 104 valence electrons. The Bertz CT molecular complexity index is 620. The number of nitrogens with zero attached hydrogens (tertiary/aromatic N) is 1. The van der Waals surface area contributed by atoms with Gasteiger partial charge in [-0.1, -0.05) is 0 Å². The number of carbonyl (C=O) groups excluding carboxylic acids is 1. The number of carbonyl (C=O) groups is 1. The molecule has 7 heteroatoms. The molecule has 0 unspecified atom stereocenters. The molecule has 0 fully saturated rings. The second-order valence-electron chi connectivity index (χ2n) is 3.88. The fourth-order valence-electron chi connectivity index (χ4n) is 1.40. The number of hydrogen-bond donors (Lipinski definition) is 2. The first-order chi connectivity index (χ1) is 9.54. The van der Waals surface area contributed by atoms with Gasteiger partial charge in [-0.25, -0.2) is 13.8 Å². The number of aromatic nitrogens is 1. The van der Waals surface area contributed by atoms with Gasteiger partial charge in [0.25, 0.3) is 0 Å². The minimum Gasteiger partial charge on any atom is -0.384 e. The predicted molar refractivity (Wildman–Crippen MR) is 74.4 cm³/mol. The molecular formula is C13H11F2N3OS. The van der Waals surface area contributed by atoms with Crippen LogP contribution < -0.4 is 11.1 Å². The van der Waals surface area contributed by atoms with E-state index in [1.165, 1.54) is 17.8 Å². The third-order valence-corrected chi connectivity index (χ3v) is 3.31. The third kappa shape index (κ3) is 3.92. The second-order valence-corrected chi connectivity index (χ2v) is 4.93. The number of halogens is 2. The van der Waals surface area contributed by atoms with Gasteiger partial charge in [-0.05, 0) is 24.3 Å². The Morgan fingerprint density at radius 1 is 1.25 bits per heavy atom. The minimum absolute atomic E-state index is 0.130. The zero-order chi connectivity index (χ0) is 14.5. The molecule has 1 aromatic heterocycles. The molecule has 2 aromatic rings. The summed E-state index contributed by atoms with van der Waals surface area (Å²) in [5.41, 5.74) is 5.66. The first-order valence-corrected chi connectivity index (χ1v) is 6.62. The van der Waals surface area contributed by atoms with Crippen molar-refractivity contribution in [2.75, 3.05) is 16.8 Å². The minimum atomic E-state index is -1.00. The summed E-state index contributed by atoms with van der Waals surface area (Å²) in [4.78, 5) is 16.3. The Labute approximate surface area is 118 Å². The van der Waals surface area contributed by atoms with Crippen LogP contribution in [0.4, 0.5) is 20.3 Å². The van der Waals surface area contributed by atoms with E-state index < -0.39 is 11.6 Å². The van der Waals surface area contributed by atoms with Crippen LogP contribution in [0.15, 0.2) is 41.4 Å². The molecule has 20 heavy (non-hydrogen) atoms. The van der Waals surface area contributed by atoms with Crippen molar-refractivity contribution in [1.29, 1.82) is 0 Å². The summed E-state index contributed by atoms with van der Waals surface area (Å²) in [7, 11) is 0. The zero-order valence-corrected chi connectivity index (χ0v) is 11.1. The largest absolute Gasteiger partial charge is 0.384 e. The number of thioether (sulfide) groups is 1. The fourth-order valence-corrected chi connectivity index (χ4v) is 2.06. The van der Waals surface area contributed by atoms with Crippen LogP contribution in [0.3, 0.4) is 0 Å². The van der Waals surface area contributed by atoms with Crippen LogP contribution in [0.25, 0.3) is 0 Å². The predicted octanol–water partition coefficient (Wildman–Crippen LogP) is 2.67. The zero-order valence-electron chi connectivity index (χ0n) is 10.3. The number of anilines is 2. The van der Waals surface area contributed by atoms with Crippen molar-refractivity contribution in [2.24, 2.45) is 0 Å². The number of benzene rings is 1.